The van der Waals surface area contributed by atoms with Crippen molar-refractivity contribution in [3.8, 4) is 0 Å². The number of nitrogens with one attached hydrogen (secondary N) is 1. The number of carbonyl (C=O) groups is 2. The van der Waals surface area contributed by atoms with E-state index < -0.39 is 10.0 Å². The van der Waals surface area contributed by atoms with Gasteiger partial charge in [-0.3, -0.25) is 9.59 Å². The van der Waals surface area contributed by atoms with Crippen molar-refractivity contribution in [3.63, 3.8) is 0 Å². The third-order valence-corrected chi connectivity index (χ3v) is 8.14. The zero-order valence-electron chi connectivity index (χ0n) is 18.8. The highest BCUT2D eigenvalue weighted by atomic mass is 32.2. The van der Waals surface area contributed by atoms with Crippen LogP contribution in [0.5, 0.6) is 0 Å². The molecule has 2 aliphatic rings. The first-order chi connectivity index (χ1) is 14.7. The van der Waals surface area contributed by atoms with Gasteiger partial charge in [-0.25, -0.2) is 8.42 Å². The molecule has 0 unspecified atom stereocenters. The van der Waals surface area contributed by atoms with Crippen molar-refractivity contribution < 1.29 is 18.0 Å². The average Bonchev–Trinajstić information content (AvgIpc) is 3.11. The van der Waals surface area contributed by atoms with Crippen LogP contribution in [0.15, 0.2) is 17.0 Å². The summed E-state index contributed by atoms with van der Waals surface area (Å²) in [7, 11) is -3.86. The van der Waals surface area contributed by atoms with E-state index in [0.717, 1.165) is 18.5 Å². The predicted octanol–water partition coefficient (Wildman–Crippen LogP) is 1.05. The second-order valence-corrected chi connectivity index (χ2v) is 10.4. The highest BCUT2D eigenvalue weighted by Gasteiger charge is 2.31. The largest absolute Gasteiger partial charge is 0.343 e. The number of sulfonamides is 1. The summed E-state index contributed by atoms with van der Waals surface area (Å²) in [6, 6.07) is 3.72. The Kier molecular flexibility index (Phi) is 7.72. The van der Waals surface area contributed by atoms with Crippen LogP contribution < -0.4 is 5.32 Å². The van der Waals surface area contributed by atoms with E-state index in [1.165, 1.54) is 4.31 Å². The zero-order valence-corrected chi connectivity index (χ0v) is 19.6. The summed E-state index contributed by atoms with van der Waals surface area (Å²) in [6.07, 6.45) is 1.92. The summed E-state index contributed by atoms with van der Waals surface area (Å²) in [5, 5.41) is 3.21. The van der Waals surface area contributed by atoms with Gasteiger partial charge in [0.2, 0.25) is 21.8 Å². The van der Waals surface area contributed by atoms with Crippen LogP contribution >= 0.6 is 0 Å². The maximum atomic E-state index is 13.7. The molecule has 2 aliphatic heterocycles. The lowest BCUT2D eigenvalue weighted by atomic mass is 10.1. The Hall–Kier alpha value is -1.97. The van der Waals surface area contributed by atoms with Crippen LogP contribution in [-0.2, 0) is 19.6 Å². The lowest BCUT2D eigenvalue weighted by Crippen LogP contribution is -2.50. The highest BCUT2D eigenvalue weighted by molar-refractivity contribution is 7.89. The minimum Gasteiger partial charge on any atom is -0.343 e. The summed E-state index contributed by atoms with van der Waals surface area (Å²) in [6.45, 7) is 9.39. The fourth-order valence-electron chi connectivity index (χ4n) is 4.53. The quantitative estimate of drug-likeness (QED) is 0.639. The summed E-state index contributed by atoms with van der Waals surface area (Å²) in [5.74, 6) is -0.0544. The Morgan fingerprint density at radius 2 is 1.74 bits per heavy atom. The molecule has 31 heavy (non-hydrogen) atoms. The number of hydrogen-bond acceptors (Lipinski definition) is 5. The standard InChI is InChI=1S/C22H34N4O4S/c1-17-14-18(2)22(19(3)15-17)31(29,30)26(11-5-10-24-9-4-6-20(24)27)16-21(28)25-12-7-23-8-13-25/h14-15,23H,4-13,16H2,1-3H3. The second-order valence-electron chi connectivity index (χ2n) is 8.54. The van der Waals surface area contributed by atoms with Crippen LogP contribution in [-0.4, -0.2) is 86.7 Å². The van der Waals surface area contributed by atoms with Gasteiger partial charge in [0, 0.05) is 52.2 Å². The zero-order chi connectivity index (χ0) is 22.6. The van der Waals surface area contributed by atoms with Crippen molar-refractivity contribution in [2.24, 2.45) is 0 Å². The molecule has 1 aromatic rings. The number of carbonyl (C=O) groups excluding carboxylic acids is 2. The topological polar surface area (TPSA) is 90.0 Å². The first kappa shape index (κ1) is 23.7. The van der Waals surface area contributed by atoms with Gasteiger partial charge in [-0.2, -0.15) is 4.31 Å². The van der Waals surface area contributed by atoms with Crippen LogP contribution in [0, 0.1) is 20.8 Å². The van der Waals surface area contributed by atoms with E-state index in [1.54, 1.807) is 23.6 Å². The maximum Gasteiger partial charge on any atom is 0.244 e. The van der Waals surface area contributed by atoms with E-state index >= 15 is 0 Å². The molecule has 0 bridgehead atoms. The maximum absolute atomic E-state index is 13.7. The second kappa shape index (κ2) is 10.1. The van der Waals surface area contributed by atoms with Crippen molar-refractivity contribution in [2.45, 2.75) is 44.9 Å². The Labute approximate surface area is 185 Å². The van der Waals surface area contributed by atoms with E-state index in [0.29, 0.717) is 56.7 Å². The number of amides is 2. The normalized spacial score (nSPS) is 17.6. The molecule has 0 spiro atoms. The molecule has 9 heteroatoms. The molecule has 1 aromatic carbocycles. The molecule has 172 valence electrons. The molecule has 8 nitrogen and oxygen atoms in total. The van der Waals surface area contributed by atoms with Gasteiger partial charge in [0.25, 0.3) is 0 Å². The summed E-state index contributed by atoms with van der Waals surface area (Å²) in [5.41, 5.74) is 2.38. The predicted molar refractivity (Wildman–Crippen MR) is 119 cm³/mol. The Bertz CT molecular complexity index is 902. The third-order valence-electron chi connectivity index (χ3n) is 5.99. The molecule has 2 fully saturated rings. The number of nitrogens with zero attached hydrogens (tertiary/aromatic N) is 3. The lowest BCUT2D eigenvalue weighted by Gasteiger charge is -2.31. The van der Waals surface area contributed by atoms with E-state index in [1.807, 2.05) is 19.1 Å². The average molecular weight is 451 g/mol. The van der Waals surface area contributed by atoms with E-state index in [-0.39, 0.29) is 29.8 Å². The number of rotatable bonds is 8. The van der Waals surface area contributed by atoms with Gasteiger partial charge in [-0.15, -0.1) is 0 Å². The SMILES string of the molecule is Cc1cc(C)c(S(=O)(=O)N(CCCN2CCCC2=O)CC(=O)N2CCNCC2)c(C)c1. The number of hydrogen-bond donors (Lipinski definition) is 1. The van der Waals surface area contributed by atoms with Gasteiger partial charge >= 0.3 is 0 Å². The van der Waals surface area contributed by atoms with Crippen LogP contribution in [0.2, 0.25) is 0 Å². The van der Waals surface area contributed by atoms with E-state index in [9.17, 15) is 18.0 Å². The van der Waals surface area contributed by atoms with Crippen LogP contribution in [0.25, 0.3) is 0 Å². The number of aryl methyl sites for hydroxylation is 3. The van der Waals surface area contributed by atoms with Crippen molar-refractivity contribution >= 4 is 21.8 Å². The number of benzene rings is 1. The monoisotopic (exact) mass is 450 g/mol. The van der Waals surface area contributed by atoms with Crippen molar-refractivity contribution in [3.05, 3.63) is 28.8 Å². The first-order valence-corrected chi connectivity index (χ1v) is 12.5. The van der Waals surface area contributed by atoms with Gasteiger partial charge in [-0.1, -0.05) is 17.7 Å². The van der Waals surface area contributed by atoms with Crippen molar-refractivity contribution in [1.82, 2.24) is 19.4 Å². The molecular formula is C22H34N4O4S. The van der Waals surface area contributed by atoms with Gasteiger partial charge < -0.3 is 15.1 Å². The molecule has 0 saturated carbocycles. The first-order valence-electron chi connectivity index (χ1n) is 11.0. The van der Waals surface area contributed by atoms with Crippen molar-refractivity contribution in [1.29, 1.82) is 0 Å². The summed E-state index contributed by atoms with van der Waals surface area (Å²) in [4.78, 5) is 28.6. The lowest BCUT2D eigenvalue weighted by molar-refractivity contribution is -0.132. The Morgan fingerprint density at radius 1 is 1.10 bits per heavy atom. The molecule has 2 amide bonds. The highest BCUT2D eigenvalue weighted by Crippen LogP contribution is 2.26. The van der Waals surface area contributed by atoms with Crippen LogP contribution in [0.4, 0.5) is 0 Å². The fourth-order valence-corrected chi connectivity index (χ4v) is 6.37. The van der Waals surface area contributed by atoms with Crippen LogP contribution in [0.3, 0.4) is 0 Å². The smallest absolute Gasteiger partial charge is 0.244 e. The third kappa shape index (κ3) is 5.64. The Morgan fingerprint density at radius 3 is 2.32 bits per heavy atom. The molecule has 3 rings (SSSR count). The summed E-state index contributed by atoms with van der Waals surface area (Å²) >= 11 is 0. The van der Waals surface area contributed by atoms with E-state index in [4.69, 9.17) is 0 Å². The minimum atomic E-state index is -3.86. The molecule has 0 aliphatic carbocycles. The molecule has 0 aromatic heterocycles. The fraction of sp³-hybridized carbons (Fsp3) is 0.636. The Balaban J connectivity index is 1.81. The number of piperazine rings is 1. The van der Waals surface area contributed by atoms with Crippen molar-refractivity contribution in [2.75, 3.05) is 52.4 Å². The van der Waals surface area contributed by atoms with E-state index in [2.05, 4.69) is 5.32 Å². The molecule has 1 N–H and O–H groups in total. The molecule has 0 radical (unpaired) electrons. The molecule has 0 atom stereocenters. The molecule has 2 heterocycles. The summed E-state index contributed by atoms with van der Waals surface area (Å²) < 4.78 is 28.6. The minimum absolute atomic E-state index is 0.122. The van der Waals surface area contributed by atoms with Gasteiger partial charge in [0.1, 0.15) is 0 Å². The van der Waals surface area contributed by atoms with Gasteiger partial charge in [0.05, 0.1) is 11.4 Å². The number of likely N-dealkylation sites (tertiary alicyclic amines) is 1. The molecule has 2 saturated heterocycles. The molecular weight excluding hydrogens is 416 g/mol. The van der Waals surface area contributed by atoms with Crippen LogP contribution in [0.1, 0.15) is 36.0 Å². The van der Waals surface area contributed by atoms with Gasteiger partial charge in [0.15, 0.2) is 0 Å². The van der Waals surface area contributed by atoms with Gasteiger partial charge in [-0.05, 0) is 44.7 Å².